The molecule has 0 aliphatic carbocycles. The predicted molar refractivity (Wildman–Crippen MR) is 85.5 cm³/mol. The fraction of sp³-hybridized carbons (Fsp3) is 0.200. The van der Waals surface area contributed by atoms with Crippen LogP contribution in [0.15, 0.2) is 45.8 Å². The number of nitrogens with two attached hydrogens (primary N) is 1. The third-order valence-corrected chi connectivity index (χ3v) is 4.74. The summed E-state index contributed by atoms with van der Waals surface area (Å²) in [5.74, 6) is 2.48. The molecule has 0 amide bonds. The zero-order chi connectivity index (χ0) is 13.9. The largest absolute Gasteiger partial charge is 0.486 e. The quantitative estimate of drug-likeness (QED) is 0.667. The van der Waals surface area contributed by atoms with Crippen LogP contribution in [0.3, 0.4) is 0 Å². The first kappa shape index (κ1) is 13.6. The molecule has 0 saturated heterocycles. The van der Waals surface area contributed by atoms with Gasteiger partial charge in [0, 0.05) is 20.8 Å². The highest BCUT2D eigenvalue weighted by Gasteiger charge is 2.14. The van der Waals surface area contributed by atoms with E-state index in [9.17, 15) is 0 Å². The van der Waals surface area contributed by atoms with Crippen molar-refractivity contribution in [3.63, 3.8) is 0 Å². The van der Waals surface area contributed by atoms with Crippen molar-refractivity contribution >= 4 is 33.4 Å². The maximum absolute atomic E-state index is 5.79. The molecule has 0 unspecified atom stereocenters. The average molecular weight is 352 g/mol. The molecule has 0 radical (unpaired) electrons. The van der Waals surface area contributed by atoms with E-state index in [0.29, 0.717) is 13.2 Å². The zero-order valence-corrected chi connectivity index (χ0v) is 13.2. The molecular formula is C15H14BrNO2S. The number of ether oxygens (including phenoxy) is 2. The van der Waals surface area contributed by atoms with Gasteiger partial charge in [-0.2, -0.15) is 0 Å². The third-order valence-electron chi connectivity index (χ3n) is 2.96. The molecule has 1 aliphatic heterocycles. The minimum absolute atomic E-state index is 0.608. The van der Waals surface area contributed by atoms with Crippen LogP contribution < -0.4 is 15.2 Å². The van der Waals surface area contributed by atoms with Crippen molar-refractivity contribution in [2.75, 3.05) is 18.9 Å². The Morgan fingerprint density at radius 1 is 1.10 bits per heavy atom. The Kier molecular flexibility index (Phi) is 4.08. The number of benzene rings is 2. The Morgan fingerprint density at radius 3 is 2.60 bits per heavy atom. The highest BCUT2D eigenvalue weighted by Crippen LogP contribution is 2.37. The van der Waals surface area contributed by atoms with E-state index in [0.717, 1.165) is 32.3 Å². The van der Waals surface area contributed by atoms with E-state index in [1.807, 2.05) is 30.3 Å². The number of thioether (sulfide) groups is 1. The summed E-state index contributed by atoms with van der Waals surface area (Å²) in [6.07, 6.45) is 0. The molecule has 104 valence electrons. The minimum Gasteiger partial charge on any atom is -0.486 e. The van der Waals surface area contributed by atoms with Gasteiger partial charge in [0.1, 0.15) is 13.2 Å². The van der Waals surface area contributed by atoms with E-state index >= 15 is 0 Å². The number of rotatable bonds is 3. The Morgan fingerprint density at radius 2 is 1.85 bits per heavy atom. The summed E-state index contributed by atoms with van der Waals surface area (Å²) in [5, 5.41) is 0. The van der Waals surface area contributed by atoms with Crippen LogP contribution in [0.4, 0.5) is 5.69 Å². The summed E-state index contributed by atoms with van der Waals surface area (Å²) in [4.78, 5) is 1.16. The second-order valence-electron chi connectivity index (χ2n) is 4.45. The summed E-state index contributed by atoms with van der Waals surface area (Å²) < 4.78 is 12.2. The Hall–Kier alpha value is -1.33. The van der Waals surface area contributed by atoms with Gasteiger partial charge in [-0.05, 0) is 35.9 Å². The van der Waals surface area contributed by atoms with E-state index < -0.39 is 0 Å². The van der Waals surface area contributed by atoms with Crippen LogP contribution in [0, 0.1) is 0 Å². The van der Waals surface area contributed by atoms with Crippen molar-refractivity contribution in [3.8, 4) is 11.5 Å². The first-order valence-electron chi connectivity index (χ1n) is 6.29. The zero-order valence-electron chi connectivity index (χ0n) is 10.8. The monoisotopic (exact) mass is 351 g/mol. The number of halogens is 1. The predicted octanol–water partition coefficient (Wildman–Crippen LogP) is 4.09. The molecule has 3 rings (SSSR count). The number of hydrogen-bond donors (Lipinski definition) is 1. The maximum Gasteiger partial charge on any atom is 0.162 e. The smallest absolute Gasteiger partial charge is 0.162 e. The normalized spacial score (nSPS) is 13.2. The molecule has 0 aromatic heterocycles. The average Bonchev–Trinajstić information content (AvgIpc) is 2.45. The first-order chi connectivity index (χ1) is 9.72. The molecule has 0 atom stereocenters. The topological polar surface area (TPSA) is 44.5 Å². The molecule has 0 fully saturated rings. The first-order valence-corrected chi connectivity index (χ1v) is 8.06. The van der Waals surface area contributed by atoms with E-state index in [1.165, 1.54) is 5.56 Å². The van der Waals surface area contributed by atoms with Gasteiger partial charge in [0.15, 0.2) is 11.5 Å². The summed E-state index contributed by atoms with van der Waals surface area (Å²) in [6, 6.07) is 11.9. The van der Waals surface area contributed by atoms with Crippen molar-refractivity contribution in [1.29, 1.82) is 0 Å². The standard InChI is InChI=1S/C15H14BrNO2S/c16-13-8-15-14(18-4-5-19-15)6-10(13)9-20-12-3-1-2-11(17)7-12/h1-3,6-8H,4-5,9,17H2. The van der Waals surface area contributed by atoms with Gasteiger partial charge >= 0.3 is 0 Å². The van der Waals surface area contributed by atoms with Crippen molar-refractivity contribution in [2.45, 2.75) is 10.6 Å². The number of nitrogen functional groups attached to an aromatic ring is 1. The number of fused-ring (bicyclic) bond motifs is 1. The lowest BCUT2D eigenvalue weighted by atomic mass is 10.2. The van der Waals surface area contributed by atoms with Crippen LogP contribution in [0.2, 0.25) is 0 Å². The Bertz CT molecular complexity index is 633. The van der Waals surface area contributed by atoms with Crippen molar-refractivity contribution in [3.05, 3.63) is 46.4 Å². The molecule has 20 heavy (non-hydrogen) atoms. The SMILES string of the molecule is Nc1cccc(SCc2cc3c(cc2Br)OCCO3)c1. The summed E-state index contributed by atoms with van der Waals surface area (Å²) in [7, 11) is 0. The molecule has 3 nitrogen and oxygen atoms in total. The fourth-order valence-electron chi connectivity index (χ4n) is 1.98. The van der Waals surface area contributed by atoms with Gasteiger partial charge in [0.2, 0.25) is 0 Å². The van der Waals surface area contributed by atoms with Crippen molar-refractivity contribution < 1.29 is 9.47 Å². The number of anilines is 1. The third kappa shape index (κ3) is 3.04. The molecular weight excluding hydrogens is 338 g/mol. The van der Waals surface area contributed by atoms with Gasteiger partial charge < -0.3 is 15.2 Å². The van der Waals surface area contributed by atoms with Crippen molar-refractivity contribution in [2.24, 2.45) is 0 Å². The minimum atomic E-state index is 0.608. The number of hydrogen-bond acceptors (Lipinski definition) is 4. The van der Waals surface area contributed by atoms with E-state index in [2.05, 4.69) is 22.0 Å². The maximum atomic E-state index is 5.79. The van der Waals surface area contributed by atoms with Crippen LogP contribution in [-0.4, -0.2) is 13.2 Å². The van der Waals surface area contributed by atoms with E-state index in [-0.39, 0.29) is 0 Å². The highest BCUT2D eigenvalue weighted by molar-refractivity contribution is 9.10. The van der Waals surface area contributed by atoms with Gasteiger partial charge in [0.05, 0.1) is 0 Å². The molecule has 0 saturated carbocycles. The lowest BCUT2D eigenvalue weighted by molar-refractivity contribution is 0.171. The van der Waals surface area contributed by atoms with E-state index in [1.54, 1.807) is 11.8 Å². The van der Waals surface area contributed by atoms with Crippen LogP contribution in [-0.2, 0) is 5.75 Å². The fourth-order valence-corrected chi connectivity index (χ4v) is 3.59. The summed E-state index contributed by atoms with van der Waals surface area (Å²) in [5.41, 5.74) is 7.76. The summed E-state index contributed by atoms with van der Waals surface area (Å²) >= 11 is 5.34. The molecule has 1 heterocycles. The van der Waals surface area contributed by atoms with Gasteiger partial charge in [0.25, 0.3) is 0 Å². The highest BCUT2D eigenvalue weighted by atomic mass is 79.9. The van der Waals surface area contributed by atoms with E-state index in [4.69, 9.17) is 15.2 Å². The second-order valence-corrected chi connectivity index (χ2v) is 6.35. The van der Waals surface area contributed by atoms with Crippen molar-refractivity contribution in [1.82, 2.24) is 0 Å². The lowest BCUT2D eigenvalue weighted by Crippen LogP contribution is -2.15. The molecule has 2 aromatic rings. The lowest BCUT2D eigenvalue weighted by Gasteiger charge is -2.19. The summed E-state index contributed by atoms with van der Waals surface area (Å²) in [6.45, 7) is 1.22. The molecule has 5 heteroatoms. The molecule has 2 aromatic carbocycles. The van der Waals surface area contributed by atoms with Crippen LogP contribution in [0.25, 0.3) is 0 Å². The van der Waals surface area contributed by atoms with Gasteiger partial charge in [-0.25, -0.2) is 0 Å². The van der Waals surface area contributed by atoms with Crippen LogP contribution in [0.1, 0.15) is 5.56 Å². The van der Waals surface area contributed by atoms with Crippen LogP contribution >= 0.6 is 27.7 Å². The van der Waals surface area contributed by atoms with Gasteiger partial charge in [-0.3, -0.25) is 0 Å². The second kappa shape index (κ2) is 5.97. The Balaban J connectivity index is 1.77. The molecule has 2 N–H and O–H groups in total. The van der Waals surface area contributed by atoms with Gasteiger partial charge in [-0.1, -0.05) is 22.0 Å². The molecule has 0 spiro atoms. The molecule has 0 bridgehead atoms. The van der Waals surface area contributed by atoms with Gasteiger partial charge in [-0.15, -0.1) is 11.8 Å². The van der Waals surface area contributed by atoms with Crippen LogP contribution in [0.5, 0.6) is 11.5 Å². The Labute approximate surface area is 130 Å². The molecule has 1 aliphatic rings.